The van der Waals surface area contributed by atoms with Gasteiger partial charge in [-0.1, -0.05) is 80.6 Å². The molecule has 44 heavy (non-hydrogen) atoms. The smallest absolute Gasteiger partial charge is 0.328 e. The van der Waals surface area contributed by atoms with E-state index in [2.05, 4.69) is 5.32 Å². The number of anilines is 2. The summed E-state index contributed by atoms with van der Waals surface area (Å²) < 4.78 is 25.4. The van der Waals surface area contributed by atoms with Gasteiger partial charge in [0.2, 0.25) is 5.91 Å². The molecule has 4 aromatic carbocycles. The Morgan fingerprint density at radius 1 is 0.841 bits per heavy atom. The van der Waals surface area contributed by atoms with Gasteiger partial charge in [-0.15, -0.1) is 0 Å². The van der Waals surface area contributed by atoms with Crippen LogP contribution in [0.15, 0.2) is 103 Å². The fourth-order valence-electron chi connectivity index (χ4n) is 4.78. The number of benzene rings is 4. The Kier molecular flexibility index (Phi) is 11.2. The molecule has 1 amide bonds. The molecule has 7 nitrogen and oxygen atoms in total. The lowest BCUT2D eigenvalue weighted by Crippen LogP contribution is -2.36. The van der Waals surface area contributed by atoms with Gasteiger partial charge < -0.3 is 19.7 Å². The fraction of sp³-hybridized carbons (Fsp3) is 0.250. The van der Waals surface area contributed by atoms with Crippen LogP contribution in [-0.2, 0) is 20.7 Å². The number of hydrogen-bond donors (Lipinski definition) is 1. The number of carbonyl (C=O) groups is 3. The second-order valence-corrected chi connectivity index (χ2v) is 10.6. The predicted octanol–water partition coefficient (Wildman–Crippen LogP) is 6.71. The molecule has 4 rings (SSSR count). The van der Waals surface area contributed by atoms with Crippen LogP contribution in [0.1, 0.15) is 41.8 Å². The van der Waals surface area contributed by atoms with Crippen molar-refractivity contribution in [2.45, 2.75) is 32.7 Å². The molecule has 1 atom stereocenters. The Morgan fingerprint density at radius 2 is 1.50 bits per heavy atom. The number of para-hydroxylation sites is 2. The highest BCUT2D eigenvalue weighted by Crippen LogP contribution is 2.23. The van der Waals surface area contributed by atoms with E-state index in [0.717, 1.165) is 5.56 Å². The van der Waals surface area contributed by atoms with E-state index in [1.54, 1.807) is 68.4 Å². The molecule has 0 aliphatic carbocycles. The molecule has 1 N–H and O–H groups in total. The van der Waals surface area contributed by atoms with Gasteiger partial charge in [0.1, 0.15) is 17.6 Å². The number of nitrogens with one attached hydrogen (secondary N) is 1. The third-order valence-corrected chi connectivity index (χ3v) is 7.08. The topological polar surface area (TPSA) is 84.9 Å². The highest BCUT2D eigenvalue weighted by molar-refractivity contribution is 6.12. The number of amides is 1. The van der Waals surface area contributed by atoms with Crippen LogP contribution in [0.25, 0.3) is 0 Å². The maximum Gasteiger partial charge on any atom is 0.328 e. The molecule has 0 bridgehead atoms. The van der Waals surface area contributed by atoms with Crippen LogP contribution in [0.2, 0.25) is 0 Å². The van der Waals surface area contributed by atoms with Crippen LogP contribution in [0.5, 0.6) is 5.75 Å². The van der Waals surface area contributed by atoms with Crippen LogP contribution in [0.3, 0.4) is 0 Å². The summed E-state index contributed by atoms with van der Waals surface area (Å²) in [7, 11) is 1.33. The Morgan fingerprint density at radius 3 is 2.18 bits per heavy atom. The van der Waals surface area contributed by atoms with Gasteiger partial charge in [-0.25, -0.2) is 9.18 Å². The number of nitrogens with zero attached hydrogens (tertiary/aromatic N) is 1. The van der Waals surface area contributed by atoms with Crippen LogP contribution < -0.4 is 15.0 Å². The molecule has 0 saturated heterocycles. The maximum atomic E-state index is 14.4. The number of methoxy groups -OCH3 is 1. The zero-order valence-electron chi connectivity index (χ0n) is 25.2. The minimum absolute atomic E-state index is 0.149. The molecule has 228 valence electrons. The molecule has 0 heterocycles. The zero-order valence-corrected chi connectivity index (χ0v) is 25.2. The molecule has 0 aromatic heterocycles. The second-order valence-electron chi connectivity index (χ2n) is 10.6. The van der Waals surface area contributed by atoms with Crippen molar-refractivity contribution in [1.29, 1.82) is 0 Å². The summed E-state index contributed by atoms with van der Waals surface area (Å²) >= 11 is 0. The molecule has 0 aliphatic heterocycles. The first-order valence-electron chi connectivity index (χ1n) is 14.6. The highest BCUT2D eigenvalue weighted by atomic mass is 19.1. The van der Waals surface area contributed by atoms with E-state index in [1.165, 1.54) is 18.1 Å². The molecule has 8 heteroatoms. The van der Waals surface area contributed by atoms with E-state index in [4.69, 9.17) is 9.47 Å². The van der Waals surface area contributed by atoms with Crippen LogP contribution in [0.4, 0.5) is 15.8 Å². The first-order chi connectivity index (χ1) is 21.3. The summed E-state index contributed by atoms with van der Waals surface area (Å²) in [4.78, 5) is 40.1. The van der Waals surface area contributed by atoms with E-state index in [9.17, 15) is 18.8 Å². The van der Waals surface area contributed by atoms with Crippen LogP contribution >= 0.6 is 0 Å². The van der Waals surface area contributed by atoms with Crippen molar-refractivity contribution >= 4 is 29.0 Å². The molecule has 0 saturated carbocycles. The summed E-state index contributed by atoms with van der Waals surface area (Å²) in [6, 6.07) is 28.9. The van der Waals surface area contributed by atoms with Gasteiger partial charge in [-0.2, -0.15) is 0 Å². The van der Waals surface area contributed by atoms with Crippen molar-refractivity contribution in [3.63, 3.8) is 0 Å². The van der Waals surface area contributed by atoms with Gasteiger partial charge in [-0.3, -0.25) is 9.59 Å². The van der Waals surface area contributed by atoms with E-state index in [1.807, 2.05) is 42.5 Å². The standard InChI is InChI=1S/C36H37FN2O5/c1-25(2)35(41)39(33-17-10-8-15-30(33)37)22-11-23-44-28-20-18-26(19-21-28)24-32(36(42)43-3)38-31-16-9-7-14-29(31)34(40)27-12-5-4-6-13-27/h4-10,12-21,25,32,38H,11,22-24H2,1-3H3/t32-/m0/s1. The molecule has 0 radical (unpaired) electrons. The van der Waals surface area contributed by atoms with E-state index in [-0.39, 0.29) is 23.3 Å². The average Bonchev–Trinajstić information content (AvgIpc) is 3.05. The molecular weight excluding hydrogens is 559 g/mol. The largest absolute Gasteiger partial charge is 0.494 e. The molecule has 0 fully saturated rings. The minimum Gasteiger partial charge on any atom is -0.494 e. The Labute approximate surface area is 257 Å². The lowest BCUT2D eigenvalue weighted by atomic mass is 10.00. The Balaban J connectivity index is 1.37. The monoisotopic (exact) mass is 596 g/mol. The summed E-state index contributed by atoms with van der Waals surface area (Å²) in [6.07, 6.45) is 0.819. The van der Waals surface area contributed by atoms with Crippen molar-refractivity contribution < 1.29 is 28.2 Å². The maximum absolute atomic E-state index is 14.4. The van der Waals surface area contributed by atoms with Gasteiger partial charge in [0.25, 0.3) is 0 Å². The average molecular weight is 597 g/mol. The molecule has 0 unspecified atom stereocenters. The minimum atomic E-state index is -0.737. The number of esters is 1. The van der Waals surface area contributed by atoms with Gasteiger partial charge in [0, 0.05) is 35.7 Å². The van der Waals surface area contributed by atoms with Crippen molar-refractivity contribution in [2.75, 3.05) is 30.5 Å². The van der Waals surface area contributed by atoms with Gasteiger partial charge >= 0.3 is 5.97 Å². The van der Waals surface area contributed by atoms with E-state index >= 15 is 0 Å². The van der Waals surface area contributed by atoms with E-state index < -0.39 is 17.8 Å². The van der Waals surface area contributed by atoms with Gasteiger partial charge in [0.15, 0.2) is 5.78 Å². The van der Waals surface area contributed by atoms with Crippen LogP contribution in [0, 0.1) is 11.7 Å². The summed E-state index contributed by atoms with van der Waals surface area (Å²) in [5.41, 5.74) is 2.67. The summed E-state index contributed by atoms with van der Waals surface area (Å²) in [5, 5.41) is 3.21. The second kappa shape index (κ2) is 15.5. The van der Waals surface area contributed by atoms with Crippen molar-refractivity contribution in [1.82, 2.24) is 0 Å². The number of rotatable bonds is 14. The molecule has 4 aromatic rings. The number of halogens is 1. The van der Waals surface area contributed by atoms with Crippen molar-refractivity contribution in [3.8, 4) is 5.75 Å². The SMILES string of the molecule is COC(=O)[C@H](Cc1ccc(OCCCN(C(=O)C(C)C)c2ccccc2F)cc1)Nc1ccccc1C(=O)c1ccccc1. The zero-order chi connectivity index (χ0) is 31.5. The van der Waals surface area contributed by atoms with Crippen molar-refractivity contribution in [2.24, 2.45) is 5.92 Å². The lowest BCUT2D eigenvalue weighted by molar-refractivity contribution is -0.141. The number of hydrogen-bond acceptors (Lipinski definition) is 6. The highest BCUT2D eigenvalue weighted by Gasteiger charge is 2.23. The summed E-state index contributed by atoms with van der Waals surface area (Å²) in [6.45, 7) is 4.22. The third kappa shape index (κ3) is 8.31. The first-order valence-corrected chi connectivity index (χ1v) is 14.6. The lowest BCUT2D eigenvalue weighted by Gasteiger charge is -2.25. The number of carbonyl (C=O) groups excluding carboxylic acids is 3. The fourth-order valence-corrected chi connectivity index (χ4v) is 4.78. The molecule has 0 aliphatic rings. The number of ether oxygens (including phenoxy) is 2. The molecular formula is C36H37FN2O5. The Hall–Kier alpha value is -4.98. The van der Waals surface area contributed by atoms with Gasteiger partial charge in [0.05, 0.1) is 19.4 Å². The summed E-state index contributed by atoms with van der Waals surface area (Å²) in [5.74, 6) is -0.844. The van der Waals surface area contributed by atoms with Crippen molar-refractivity contribution in [3.05, 3.63) is 126 Å². The quantitative estimate of drug-likeness (QED) is 0.0990. The van der Waals surface area contributed by atoms with Gasteiger partial charge in [-0.05, 0) is 48.4 Å². The third-order valence-electron chi connectivity index (χ3n) is 7.08. The Bertz CT molecular complexity index is 1560. The van der Waals surface area contributed by atoms with E-state index in [0.29, 0.717) is 48.6 Å². The first kappa shape index (κ1) is 31.9. The predicted molar refractivity (Wildman–Crippen MR) is 170 cm³/mol. The number of ketones is 1. The van der Waals surface area contributed by atoms with Crippen LogP contribution in [-0.4, -0.2) is 44.0 Å². The molecule has 0 spiro atoms. The normalized spacial score (nSPS) is 11.5.